The fourth-order valence-corrected chi connectivity index (χ4v) is 2.55. The Labute approximate surface area is 118 Å². The summed E-state index contributed by atoms with van der Waals surface area (Å²) in [6.45, 7) is 3.79. The number of nitrogens with two attached hydrogens (primary N) is 1. The van der Waals surface area contributed by atoms with Gasteiger partial charge >= 0.3 is 0 Å². The van der Waals surface area contributed by atoms with Crippen molar-refractivity contribution in [2.24, 2.45) is 5.73 Å². The molecule has 0 spiro atoms. The number of hydrogen-bond donors (Lipinski definition) is 2. The minimum absolute atomic E-state index is 0.484. The summed E-state index contributed by atoms with van der Waals surface area (Å²) >= 11 is 0. The van der Waals surface area contributed by atoms with Gasteiger partial charge in [-0.25, -0.2) is 0 Å². The Bertz CT molecular complexity index is 261. The molecule has 0 aromatic heterocycles. The standard InChI is InChI=1S/C16H31N3/c1-2-3-4-5-6-7-8-9-10-11-16-18-13-15-19(16)14-12-17/h2-3,13,15-16,18H,4-12,14,17H2,1H3/b3-2+. The first-order valence-electron chi connectivity index (χ1n) is 7.88. The Kier molecular flexibility index (Phi) is 9.25. The van der Waals surface area contributed by atoms with Crippen molar-refractivity contribution in [2.75, 3.05) is 13.1 Å². The van der Waals surface area contributed by atoms with Gasteiger partial charge in [0.1, 0.15) is 0 Å². The van der Waals surface area contributed by atoms with E-state index >= 15 is 0 Å². The monoisotopic (exact) mass is 265 g/mol. The Hall–Kier alpha value is -0.960. The number of hydrogen-bond acceptors (Lipinski definition) is 3. The lowest BCUT2D eigenvalue weighted by molar-refractivity contribution is 0.264. The third-order valence-corrected chi connectivity index (χ3v) is 3.68. The van der Waals surface area contributed by atoms with Crippen LogP contribution in [0.5, 0.6) is 0 Å². The molecule has 0 aromatic rings. The van der Waals surface area contributed by atoms with Crippen LogP contribution in [0.3, 0.4) is 0 Å². The van der Waals surface area contributed by atoms with Gasteiger partial charge in [-0.15, -0.1) is 0 Å². The predicted molar refractivity (Wildman–Crippen MR) is 83.6 cm³/mol. The SMILES string of the molecule is C/C=C/CCCCCCCCC1NC=CN1CCN. The molecular weight excluding hydrogens is 234 g/mol. The van der Waals surface area contributed by atoms with Gasteiger partial charge < -0.3 is 16.0 Å². The van der Waals surface area contributed by atoms with E-state index in [2.05, 4.69) is 35.5 Å². The van der Waals surface area contributed by atoms with Crippen LogP contribution in [0.15, 0.2) is 24.6 Å². The fourth-order valence-electron chi connectivity index (χ4n) is 2.55. The highest BCUT2D eigenvalue weighted by Crippen LogP contribution is 2.14. The molecule has 0 amide bonds. The molecule has 0 aromatic carbocycles. The molecule has 1 heterocycles. The average Bonchev–Trinajstić information content (AvgIpc) is 2.85. The van der Waals surface area contributed by atoms with E-state index in [-0.39, 0.29) is 0 Å². The van der Waals surface area contributed by atoms with E-state index in [4.69, 9.17) is 5.73 Å². The molecule has 1 rings (SSSR count). The van der Waals surface area contributed by atoms with Gasteiger partial charge in [0.15, 0.2) is 0 Å². The second-order valence-corrected chi connectivity index (χ2v) is 5.29. The highest BCUT2D eigenvalue weighted by atomic mass is 15.3. The predicted octanol–water partition coefficient (Wildman–Crippen LogP) is 3.34. The number of allylic oxidation sites excluding steroid dienone is 2. The summed E-state index contributed by atoms with van der Waals surface area (Å²) < 4.78 is 0. The molecule has 0 bridgehead atoms. The van der Waals surface area contributed by atoms with Crippen LogP contribution in [0.2, 0.25) is 0 Å². The lowest BCUT2D eigenvalue weighted by atomic mass is 10.1. The van der Waals surface area contributed by atoms with Gasteiger partial charge in [0, 0.05) is 25.5 Å². The fraction of sp³-hybridized carbons (Fsp3) is 0.750. The molecule has 0 saturated heterocycles. The average molecular weight is 265 g/mol. The van der Waals surface area contributed by atoms with Crippen LogP contribution in [0.25, 0.3) is 0 Å². The maximum atomic E-state index is 5.61. The molecule has 0 fully saturated rings. The van der Waals surface area contributed by atoms with E-state index in [9.17, 15) is 0 Å². The largest absolute Gasteiger partial charge is 0.370 e. The lowest BCUT2D eigenvalue weighted by Crippen LogP contribution is -2.37. The number of nitrogens with zero attached hydrogens (tertiary/aromatic N) is 1. The number of rotatable bonds is 11. The maximum Gasteiger partial charge on any atom is 0.0981 e. The molecule has 1 unspecified atom stereocenters. The molecule has 0 radical (unpaired) electrons. The summed E-state index contributed by atoms with van der Waals surface area (Å²) in [7, 11) is 0. The van der Waals surface area contributed by atoms with Crippen molar-refractivity contribution in [3.05, 3.63) is 24.6 Å². The van der Waals surface area contributed by atoms with Gasteiger partial charge in [0.2, 0.25) is 0 Å². The summed E-state index contributed by atoms with van der Waals surface area (Å²) in [6.07, 6.45) is 19.7. The van der Waals surface area contributed by atoms with Crippen molar-refractivity contribution in [1.29, 1.82) is 0 Å². The Morgan fingerprint density at radius 2 is 1.89 bits per heavy atom. The normalized spacial score (nSPS) is 18.4. The third-order valence-electron chi connectivity index (χ3n) is 3.68. The molecule has 3 N–H and O–H groups in total. The number of nitrogens with one attached hydrogen (secondary N) is 1. The van der Waals surface area contributed by atoms with Crippen LogP contribution < -0.4 is 11.1 Å². The van der Waals surface area contributed by atoms with Crippen molar-refractivity contribution < 1.29 is 0 Å². The van der Waals surface area contributed by atoms with Crippen molar-refractivity contribution >= 4 is 0 Å². The van der Waals surface area contributed by atoms with E-state index in [1.807, 2.05) is 6.20 Å². The molecule has 19 heavy (non-hydrogen) atoms. The molecule has 1 aliphatic rings. The number of unbranched alkanes of at least 4 members (excludes halogenated alkanes) is 6. The van der Waals surface area contributed by atoms with Crippen molar-refractivity contribution in [2.45, 2.75) is 64.5 Å². The molecule has 1 aliphatic heterocycles. The first-order chi connectivity index (χ1) is 9.38. The van der Waals surface area contributed by atoms with Crippen LogP contribution in [-0.4, -0.2) is 24.2 Å². The summed E-state index contributed by atoms with van der Waals surface area (Å²) in [4.78, 5) is 2.32. The Morgan fingerprint density at radius 3 is 2.63 bits per heavy atom. The van der Waals surface area contributed by atoms with Crippen molar-refractivity contribution in [3.63, 3.8) is 0 Å². The van der Waals surface area contributed by atoms with E-state index in [1.165, 1.54) is 51.4 Å². The Balaban J connectivity index is 1.90. The van der Waals surface area contributed by atoms with Crippen molar-refractivity contribution in [3.8, 4) is 0 Å². The van der Waals surface area contributed by atoms with E-state index in [0.717, 1.165) is 13.1 Å². The molecule has 110 valence electrons. The zero-order valence-electron chi connectivity index (χ0n) is 12.5. The molecule has 0 saturated carbocycles. The maximum absolute atomic E-state index is 5.61. The summed E-state index contributed by atoms with van der Waals surface area (Å²) in [6, 6.07) is 0. The molecule has 1 atom stereocenters. The second kappa shape index (κ2) is 10.9. The highest BCUT2D eigenvalue weighted by Gasteiger charge is 2.16. The lowest BCUT2D eigenvalue weighted by Gasteiger charge is -2.25. The van der Waals surface area contributed by atoms with Gasteiger partial charge in [-0.1, -0.05) is 37.8 Å². The van der Waals surface area contributed by atoms with Gasteiger partial charge in [-0.3, -0.25) is 0 Å². The Morgan fingerprint density at radius 1 is 1.16 bits per heavy atom. The van der Waals surface area contributed by atoms with E-state index < -0.39 is 0 Å². The van der Waals surface area contributed by atoms with E-state index in [1.54, 1.807) is 0 Å². The molecule has 3 heteroatoms. The topological polar surface area (TPSA) is 41.3 Å². The third kappa shape index (κ3) is 7.26. The van der Waals surface area contributed by atoms with E-state index in [0.29, 0.717) is 6.17 Å². The summed E-state index contributed by atoms with van der Waals surface area (Å²) in [5.74, 6) is 0. The smallest absolute Gasteiger partial charge is 0.0981 e. The highest BCUT2D eigenvalue weighted by molar-refractivity contribution is 4.94. The quantitative estimate of drug-likeness (QED) is 0.445. The van der Waals surface area contributed by atoms with Gasteiger partial charge in [0.25, 0.3) is 0 Å². The summed E-state index contributed by atoms with van der Waals surface area (Å²) in [5.41, 5.74) is 5.61. The molecule has 3 nitrogen and oxygen atoms in total. The van der Waals surface area contributed by atoms with Crippen LogP contribution >= 0.6 is 0 Å². The minimum atomic E-state index is 0.484. The second-order valence-electron chi connectivity index (χ2n) is 5.29. The van der Waals surface area contributed by atoms with Gasteiger partial charge in [0.05, 0.1) is 6.17 Å². The van der Waals surface area contributed by atoms with Crippen LogP contribution in [0.4, 0.5) is 0 Å². The zero-order chi connectivity index (χ0) is 13.8. The minimum Gasteiger partial charge on any atom is -0.370 e. The van der Waals surface area contributed by atoms with Gasteiger partial charge in [-0.2, -0.15) is 0 Å². The first-order valence-corrected chi connectivity index (χ1v) is 7.88. The van der Waals surface area contributed by atoms with Crippen molar-refractivity contribution in [1.82, 2.24) is 10.2 Å². The molecule has 0 aliphatic carbocycles. The summed E-state index contributed by atoms with van der Waals surface area (Å²) in [5, 5.41) is 3.40. The van der Waals surface area contributed by atoms with Gasteiger partial charge in [-0.05, 0) is 32.6 Å². The van der Waals surface area contributed by atoms with Crippen LogP contribution in [0, 0.1) is 0 Å². The first kappa shape index (κ1) is 16.1. The van der Waals surface area contributed by atoms with Crippen LogP contribution in [0.1, 0.15) is 58.3 Å². The zero-order valence-corrected chi connectivity index (χ0v) is 12.5. The molecular formula is C16H31N3. The van der Waals surface area contributed by atoms with Crippen LogP contribution in [-0.2, 0) is 0 Å².